The summed E-state index contributed by atoms with van der Waals surface area (Å²) in [6.07, 6.45) is 1.80. The van der Waals surface area contributed by atoms with E-state index in [0.29, 0.717) is 0 Å². The summed E-state index contributed by atoms with van der Waals surface area (Å²) < 4.78 is 0. The monoisotopic (exact) mass is 293 g/mol. The largest absolute Gasteiger partial charge is 0.367 e. The molecule has 112 valence electrons. The number of rotatable bonds is 2. The molecule has 0 atom stereocenters. The summed E-state index contributed by atoms with van der Waals surface area (Å²) in [5.41, 5.74) is 4.13. The van der Waals surface area contributed by atoms with Gasteiger partial charge in [-0.3, -0.25) is 0 Å². The van der Waals surface area contributed by atoms with Crippen molar-refractivity contribution in [3.63, 3.8) is 0 Å². The Balaban J connectivity index is 1.76. The molecule has 1 aliphatic heterocycles. The van der Waals surface area contributed by atoms with Crippen LogP contribution in [0.4, 0.5) is 11.5 Å². The van der Waals surface area contributed by atoms with Crippen LogP contribution in [-0.2, 0) is 0 Å². The standard InChI is InChI=1S/C17H19N5/c1-13-12-19-20-17(14(13)2)22-9-7-21(8-10-22)16-6-4-3-5-15(16)11-18/h3-6,12H,7-10H2,1-2H3. The minimum absolute atomic E-state index is 0.738. The lowest BCUT2D eigenvalue weighted by atomic mass is 10.1. The number of anilines is 2. The highest BCUT2D eigenvalue weighted by Crippen LogP contribution is 2.24. The van der Waals surface area contributed by atoms with E-state index in [4.69, 9.17) is 0 Å². The van der Waals surface area contributed by atoms with Crippen LogP contribution in [0.3, 0.4) is 0 Å². The molecule has 0 N–H and O–H groups in total. The quantitative estimate of drug-likeness (QED) is 0.850. The summed E-state index contributed by atoms with van der Waals surface area (Å²) in [5, 5.41) is 17.6. The SMILES string of the molecule is Cc1cnnc(N2CCN(c3ccccc3C#N)CC2)c1C. The van der Waals surface area contributed by atoms with Crippen molar-refractivity contribution in [1.82, 2.24) is 10.2 Å². The predicted octanol–water partition coefficient (Wildman–Crippen LogP) is 2.29. The highest BCUT2D eigenvalue weighted by molar-refractivity contribution is 5.60. The molecule has 5 heteroatoms. The zero-order valence-corrected chi connectivity index (χ0v) is 13.0. The molecule has 2 heterocycles. The van der Waals surface area contributed by atoms with E-state index in [0.717, 1.165) is 43.2 Å². The molecule has 1 aromatic carbocycles. The molecule has 3 rings (SSSR count). The molecule has 0 amide bonds. The topological polar surface area (TPSA) is 56.1 Å². The van der Waals surface area contributed by atoms with Crippen molar-refractivity contribution in [2.24, 2.45) is 0 Å². The van der Waals surface area contributed by atoms with Crippen LogP contribution in [0.2, 0.25) is 0 Å². The summed E-state index contributed by atoms with van der Waals surface area (Å²) in [6, 6.07) is 10.1. The molecule has 1 saturated heterocycles. The van der Waals surface area contributed by atoms with E-state index in [1.165, 1.54) is 11.1 Å². The van der Waals surface area contributed by atoms with Gasteiger partial charge in [-0.05, 0) is 37.1 Å². The Morgan fingerprint density at radius 3 is 2.45 bits per heavy atom. The Morgan fingerprint density at radius 2 is 1.73 bits per heavy atom. The fourth-order valence-electron chi connectivity index (χ4n) is 2.82. The van der Waals surface area contributed by atoms with Crippen LogP contribution < -0.4 is 9.80 Å². The molecular weight excluding hydrogens is 274 g/mol. The van der Waals surface area contributed by atoms with E-state index < -0.39 is 0 Å². The first-order valence-electron chi connectivity index (χ1n) is 7.48. The summed E-state index contributed by atoms with van der Waals surface area (Å²) in [7, 11) is 0. The number of para-hydroxylation sites is 1. The molecule has 1 aromatic heterocycles. The molecule has 2 aromatic rings. The first kappa shape index (κ1) is 14.3. The maximum Gasteiger partial charge on any atom is 0.154 e. The number of nitrogens with zero attached hydrogens (tertiary/aromatic N) is 5. The zero-order chi connectivity index (χ0) is 15.5. The first-order valence-corrected chi connectivity index (χ1v) is 7.48. The van der Waals surface area contributed by atoms with Gasteiger partial charge in [-0.2, -0.15) is 10.4 Å². The van der Waals surface area contributed by atoms with E-state index in [-0.39, 0.29) is 0 Å². The maximum absolute atomic E-state index is 9.24. The number of hydrogen-bond acceptors (Lipinski definition) is 5. The maximum atomic E-state index is 9.24. The van der Waals surface area contributed by atoms with Crippen LogP contribution in [0.25, 0.3) is 0 Å². The van der Waals surface area contributed by atoms with Gasteiger partial charge in [0.15, 0.2) is 5.82 Å². The van der Waals surface area contributed by atoms with Crippen LogP contribution in [0.5, 0.6) is 0 Å². The van der Waals surface area contributed by atoms with Gasteiger partial charge in [0.05, 0.1) is 17.4 Å². The van der Waals surface area contributed by atoms with Crippen molar-refractivity contribution in [1.29, 1.82) is 5.26 Å². The van der Waals surface area contributed by atoms with Gasteiger partial charge in [0, 0.05) is 26.2 Å². The molecule has 22 heavy (non-hydrogen) atoms. The molecule has 0 unspecified atom stereocenters. The Labute approximate surface area is 130 Å². The van der Waals surface area contributed by atoms with Gasteiger partial charge >= 0.3 is 0 Å². The minimum atomic E-state index is 0.738. The van der Waals surface area contributed by atoms with Crippen molar-refractivity contribution in [2.75, 3.05) is 36.0 Å². The summed E-state index contributed by atoms with van der Waals surface area (Å²) in [4.78, 5) is 4.55. The molecule has 0 spiro atoms. The molecule has 0 radical (unpaired) electrons. The average molecular weight is 293 g/mol. The molecule has 1 aliphatic rings. The minimum Gasteiger partial charge on any atom is -0.367 e. The summed E-state index contributed by atoms with van der Waals surface area (Å²) in [5.74, 6) is 0.980. The van der Waals surface area contributed by atoms with Crippen molar-refractivity contribution in [2.45, 2.75) is 13.8 Å². The van der Waals surface area contributed by atoms with E-state index in [9.17, 15) is 5.26 Å². The Morgan fingerprint density at radius 1 is 1.05 bits per heavy atom. The second-order valence-electron chi connectivity index (χ2n) is 5.58. The predicted molar refractivity (Wildman–Crippen MR) is 87.1 cm³/mol. The zero-order valence-electron chi connectivity index (χ0n) is 13.0. The van der Waals surface area contributed by atoms with Crippen molar-refractivity contribution < 1.29 is 0 Å². The molecule has 5 nitrogen and oxygen atoms in total. The lowest BCUT2D eigenvalue weighted by molar-refractivity contribution is 0.641. The second kappa shape index (κ2) is 6.02. The van der Waals surface area contributed by atoms with Crippen molar-refractivity contribution in [3.05, 3.63) is 47.2 Å². The normalized spacial score (nSPS) is 14.8. The van der Waals surface area contributed by atoms with Gasteiger partial charge in [0.2, 0.25) is 0 Å². The third-order valence-corrected chi connectivity index (χ3v) is 4.28. The van der Waals surface area contributed by atoms with Crippen LogP contribution in [0.15, 0.2) is 30.5 Å². The molecule has 0 bridgehead atoms. The second-order valence-corrected chi connectivity index (χ2v) is 5.58. The Kier molecular flexibility index (Phi) is 3.92. The van der Waals surface area contributed by atoms with Crippen LogP contribution in [-0.4, -0.2) is 36.4 Å². The summed E-state index contributed by atoms with van der Waals surface area (Å²) >= 11 is 0. The number of benzene rings is 1. The highest BCUT2D eigenvalue weighted by Gasteiger charge is 2.21. The van der Waals surface area contributed by atoms with Gasteiger partial charge < -0.3 is 9.80 Å². The third-order valence-electron chi connectivity index (χ3n) is 4.28. The molecular formula is C17H19N5. The third kappa shape index (κ3) is 2.60. The molecule has 1 fully saturated rings. The number of piperazine rings is 1. The smallest absolute Gasteiger partial charge is 0.154 e. The Bertz CT molecular complexity index is 711. The number of nitriles is 1. The average Bonchev–Trinajstić information content (AvgIpc) is 2.57. The van der Waals surface area contributed by atoms with Gasteiger partial charge in [-0.15, -0.1) is 5.10 Å². The first-order chi connectivity index (χ1) is 10.7. The van der Waals surface area contributed by atoms with E-state index in [2.05, 4.69) is 39.9 Å². The van der Waals surface area contributed by atoms with Gasteiger partial charge in [0.25, 0.3) is 0 Å². The fraction of sp³-hybridized carbons (Fsp3) is 0.353. The molecule has 0 aliphatic carbocycles. The Hall–Kier alpha value is -2.61. The number of aromatic nitrogens is 2. The van der Waals surface area contributed by atoms with Gasteiger partial charge in [-0.1, -0.05) is 12.1 Å². The lowest BCUT2D eigenvalue weighted by Crippen LogP contribution is -2.47. The number of hydrogen-bond donors (Lipinski definition) is 0. The van der Waals surface area contributed by atoms with Gasteiger partial charge in [-0.25, -0.2) is 0 Å². The van der Waals surface area contributed by atoms with Gasteiger partial charge in [0.1, 0.15) is 6.07 Å². The fourth-order valence-corrected chi connectivity index (χ4v) is 2.82. The van der Waals surface area contributed by atoms with E-state index in [1.54, 1.807) is 6.20 Å². The number of aryl methyl sites for hydroxylation is 1. The van der Waals surface area contributed by atoms with Crippen LogP contribution in [0, 0.1) is 25.2 Å². The van der Waals surface area contributed by atoms with E-state index in [1.807, 2.05) is 24.3 Å². The van der Waals surface area contributed by atoms with E-state index >= 15 is 0 Å². The van der Waals surface area contributed by atoms with Crippen molar-refractivity contribution >= 4 is 11.5 Å². The highest BCUT2D eigenvalue weighted by atomic mass is 15.3. The van der Waals surface area contributed by atoms with Crippen LogP contribution >= 0.6 is 0 Å². The summed E-state index contributed by atoms with van der Waals surface area (Å²) in [6.45, 7) is 7.70. The molecule has 0 saturated carbocycles. The van der Waals surface area contributed by atoms with Crippen LogP contribution in [0.1, 0.15) is 16.7 Å². The lowest BCUT2D eigenvalue weighted by Gasteiger charge is -2.37. The van der Waals surface area contributed by atoms with Crippen molar-refractivity contribution in [3.8, 4) is 6.07 Å².